The first kappa shape index (κ1) is 11.9. The van der Waals surface area contributed by atoms with Crippen molar-refractivity contribution >= 4 is 5.91 Å². The molecule has 1 aromatic carbocycles. The maximum atomic E-state index is 12.0. The van der Waals surface area contributed by atoms with Gasteiger partial charge in [0.15, 0.2) is 0 Å². The summed E-state index contributed by atoms with van der Waals surface area (Å²) in [5, 5.41) is 3.12. The normalized spacial score (nSPS) is 16.5. The van der Waals surface area contributed by atoms with Crippen LogP contribution in [0.5, 0.6) is 0 Å². The highest BCUT2D eigenvalue weighted by Crippen LogP contribution is 2.12. The Balaban J connectivity index is 1.94. The minimum atomic E-state index is 0.0527. The van der Waals surface area contributed by atoms with E-state index >= 15 is 0 Å². The first-order valence-corrected chi connectivity index (χ1v) is 6.28. The number of carbonyl (C=O) groups excluding carboxylic acids is 1. The third-order valence-corrected chi connectivity index (χ3v) is 3.18. The second kappa shape index (κ2) is 5.67. The van der Waals surface area contributed by atoms with Crippen LogP contribution in [0, 0.1) is 6.92 Å². The van der Waals surface area contributed by atoms with Crippen molar-refractivity contribution < 1.29 is 4.79 Å². The van der Waals surface area contributed by atoms with Crippen LogP contribution in [0.3, 0.4) is 0 Å². The summed E-state index contributed by atoms with van der Waals surface area (Å²) < 4.78 is 0. The van der Waals surface area contributed by atoms with Crippen molar-refractivity contribution in [2.45, 2.75) is 38.6 Å². The number of carbonyl (C=O) groups is 1. The van der Waals surface area contributed by atoms with Gasteiger partial charge in [0.05, 0.1) is 0 Å². The smallest absolute Gasteiger partial charge is 0.251 e. The fourth-order valence-corrected chi connectivity index (χ4v) is 2.09. The molecule has 2 heteroatoms. The number of rotatable bonds is 2. The molecule has 90 valence electrons. The van der Waals surface area contributed by atoms with Crippen molar-refractivity contribution in [3.8, 4) is 0 Å². The van der Waals surface area contributed by atoms with Crippen LogP contribution in [0.15, 0.2) is 36.4 Å². The lowest BCUT2D eigenvalue weighted by atomic mass is 10.1. The van der Waals surface area contributed by atoms with Crippen molar-refractivity contribution in [3.05, 3.63) is 47.5 Å². The molecule has 1 N–H and O–H groups in total. The molecule has 2 nitrogen and oxygen atoms in total. The van der Waals surface area contributed by atoms with Gasteiger partial charge >= 0.3 is 0 Å². The number of allylic oxidation sites excluding steroid dienone is 2. The molecule has 0 aliphatic heterocycles. The lowest BCUT2D eigenvalue weighted by Crippen LogP contribution is -2.34. The SMILES string of the molecule is Cc1ccc(C(=O)NC2CCC=CCC2)cc1. The Morgan fingerprint density at radius 2 is 1.71 bits per heavy atom. The number of hydrogen-bond acceptors (Lipinski definition) is 1. The molecule has 1 aromatic rings. The van der Waals surface area contributed by atoms with Crippen LogP contribution in [0.25, 0.3) is 0 Å². The van der Waals surface area contributed by atoms with Gasteiger partial charge in [-0.25, -0.2) is 0 Å². The summed E-state index contributed by atoms with van der Waals surface area (Å²) in [5.74, 6) is 0.0527. The molecule has 0 spiro atoms. The molecule has 1 amide bonds. The van der Waals surface area contributed by atoms with E-state index in [0.717, 1.165) is 31.2 Å². The Morgan fingerprint density at radius 3 is 2.29 bits per heavy atom. The number of aryl methyl sites for hydroxylation is 1. The summed E-state index contributed by atoms with van der Waals surface area (Å²) in [5.41, 5.74) is 1.94. The van der Waals surface area contributed by atoms with E-state index in [0.29, 0.717) is 6.04 Å². The predicted molar refractivity (Wildman–Crippen MR) is 70.0 cm³/mol. The van der Waals surface area contributed by atoms with Crippen molar-refractivity contribution in [3.63, 3.8) is 0 Å². The summed E-state index contributed by atoms with van der Waals surface area (Å²) in [4.78, 5) is 12.0. The lowest BCUT2D eigenvalue weighted by molar-refractivity contribution is 0.0933. The molecular formula is C15H19NO. The predicted octanol–water partition coefficient (Wildman–Crippen LogP) is 3.22. The number of amides is 1. The summed E-state index contributed by atoms with van der Waals surface area (Å²) in [6, 6.07) is 8.05. The number of benzene rings is 1. The van der Waals surface area contributed by atoms with Gasteiger partial charge < -0.3 is 5.32 Å². The molecule has 0 saturated carbocycles. The van der Waals surface area contributed by atoms with Gasteiger partial charge in [0.1, 0.15) is 0 Å². The van der Waals surface area contributed by atoms with Crippen molar-refractivity contribution in [1.82, 2.24) is 5.32 Å². The molecule has 0 saturated heterocycles. The van der Waals surface area contributed by atoms with E-state index in [-0.39, 0.29) is 5.91 Å². The molecule has 0 heterocycles. The van der Waals surface area contributed by atoms with Gasteiger partial charge in [-0.1, -0.05) is 29.8 Å². The average Bonchev–Trinajstić information content (AvgIpc) is 2.58. The van der Waals surface area contributed by atoms with Gasteiger partial charge in [0.2, 0.25) is 0 Å². The van der Waals surface area contributed by atoms with E-state index in [1.165, 1.54) is 5.56 Å². The summed E-state index contributed by atoms with van der Waals surface area (Å²) in [6.07, 6.45) is 8.65. The van der Waals surface area contributed by atoms with Crippen LogP contribution in [0.2, 0.25) is 0 Å². The van der Waals surface area contributed by atoms with Crippen LogP contribution in [-0.2, 0) is 0 Å². The first-order valence-electron chi connectivity index (χ1n) is 6.28. The van der Waals surface area contributed by atoms with Crippen LogP contribution < -0.4 is 5.32 Å². The summed E-state index contributed by atoms with van der Waals surface area (Å²) >= 11 is 0. The standard InChI is InChI=1S/C15H19NO/c1-12-8-10-13(11-9-12)15(17)16-14-6-4-2-3-5-7-14/h2-3,8-11,14H,4-7H2,1H3,(H,16,17). The fraction of sp³-hybridized carbons (Fsp3) is 0.400. The Bertz CT molecular complexity index is 395. The highest BCUT2D eigenvalue weighted by Gasteiger charge is 2.13. The highest BCUT2D eigenvalue weighted by molar-refractivity contribution is 5.94. The quantitative estimate of drug-likeness (QED) is 0.775. The first-order chi connectivity index (χ1) is 8.25. The molecule has 0 atom stereocenters. The third-order valence-electron chi connectivity index (χ3n) is 3.18. The average molecular weight is 229 g/mol. The minimum absolute atomic E-state index is 0.0527. The molecule has 1 aliphatic rings. The number of nitrogens with one attached hydrogen (secondary N) is 1. The second-order valence-electron chi connectivity index (χ2n) is 4.66. The van der Waals surface area contributed by atoms with Crippen molar-refractivity contribution in [2.24, 2.45) is 0 Å². The van der Waals surface area contributed by atoms with E-state index < -0.39 is 0 Å². The third kappa shape index (κ3) is 3.45. The molecule has 0 bridgehead atoms. The maximum absolute atomic E-state index is 12.0. The Labute approximate surface area is 103 Å². The molecular weight excluding hydrogens is 210 g/mol. The largest absolute Gasteiger partial charge is 0.349 e. The zero-order valence-electron chi connectivity index (χ0n) is 10.3. The van der Waals surface area contributed by atoms with Gasteiger partial charge in [0, 0.05) is 11.6 Å². The summed E-state index contributed by atoms with van der Waals surface area (Å²) in [6.45, 7) is 2.03. The van der Waals surface area contributed by atoms with E-state index in [1.54, 1.807) is 0 Å². The van der Waals surface area contributed by atoms with E-state index in [4.69, 9.17) is 0 Å². The lowest BCUT2D eigenvalue weighted by Gasteiger charge is -2.16. The van der Waals surface area contributed by atoms with Gasteiger partial charge in [-0.3, -0.25) is 4.79 Å². The summed E-state index contributed by atoms with van der Waals surface area (Å²) in [7, 11) is 0. The van der Waals surface area contributed by atoms with Gasteiger partial charge in [-0.05, 0) is 44.7 Å². The van der Waals surface area contributed by atoms with Crippen LogP contribution in [-0.4, -0.2) is 11.9 Å². The van der Waals surface area contributed by atoms with Crippen molar-refractivity contribution in [1.29, 1.82) is 0 Å². The second-order valence-corrected chi connectivity index (χ2v) is 4.66. The zero-order valence-corrected chi connectivity index (χ0v) is 10.3. The fourth-order valence-electron chi connectivity index (χ4n) is 2.09. The number of hydrogen-bond donors (Lipinski definition) is 1. The highest BCUT2D eigenvalue weighted by atomic mass is 16.1. The van der Waals surface area contributed by atoms with Crippen LogP contribution in [0.4, 0.5) is 0 Å². The molecule has 0 aromatic heterocycles. The Morgan fingerprint density at radius 1 is 1.12 bits per heavy atom. The van der Waals surface area contributed by atoms with E-state index in [9.17, 15) is 4.79 Å². The van der Waals surface area contributed by atoms with Gasteiger partial charge in [-0.2, -0.15) is 0 Å². The monoisotopic (exact) mass is 229 g/mol. The molecule has 0 radical (unpaired) electrons. The zero-order chi connectivity index (χ0) is 12.1. The minimum Gasteiger partial charge on any atom is -0.349 e. The van der Waals surface area contributed by atoms with Crippen LogP contribution >= 0.6 is 0 Å². The molecule has 2 rings (SSSR count). The van der Waals surface area contributed by atoms with E-state index in [2.05, 4.69) is 17.5 Å². The molecule has 0 unspecified atom stereocenters. The van der Waals surface area contributed by atoms with Gasteiger partial charge in [0.25, 0.3) is 5.91 Å². The molecule has 0 fully saturated rings. The van der Waals surface area contributed by atoms with Crippen LogP contribution in [0.1, 0.15) is 41.6 Å². The Hall–Kier alpha value is -1.57. The van der Waals surface area contributed by atoms with E-state index in [1.807, 2.05) is 31.2 Å². The maximum Gasteiger partial charge on any atom is 0.251 e. The molecule has 1 aliphatic carbocycles. The van der Waals surface area contributed by atoms with Crippen molar-refractivity contribution in [2.75, 3.05) is 0 Å². The Kier molecular flexibility index (Phi) is 3.97. The topological polar surface area (TPSA) is 29.1 Å². The van der Waals surface area contributed by atoms with Gasteiger partial charge in [-0.15, -0.1) is 0 Å². The molecule has 17 heavy (non-hydrogen) atoms.